The number of aromatic nitrogens is 1. The molecule has 7 nitrogen and oxygen atoms in total. The maximum Gasteiger partial charge on any atom is 0.339 e. The normalized spacial score (nSPS) is 16.2. The van der Waals surface area contributed by atoms with E-state index in [0.717, 1.165) is 4.88 Å². The van der Waals surface area contributed by atoms with Gasteiger partial charge in [-0.1, -0.05) is 6.07 Å². The summed E-state index contributed by atoms with van der Waals surface area (Å²) in [6.45, 7) is 2.63. The number of amides is 1. The number of thiophene rings is 1. The second-order valence-corrected chi connectivity index (χ2v) is 7.98. The number of aryl methyl sites for hydroxylation is 2. The van der Waals surface area contributed by atoms with Crippen LogP contribution in [0.5, 0.6) is 5.75 Å². The molecule has 4 heterocycles. The van der Waals surface area contributed by atoms with Gasteiger partial charge in [-0.05, 0) is 18.4 Å². The lowest BCUT2D eigenvalue weighted by Crippen LogP contribution is -2.32. The van der Waals surface area contributed by atoms with Crippen LogP contribution in [0.3, 0.4) is 0 Å². The molecule has 0 aliphatic carbocycles. The Kier molecular flexibility index (Phi) is 5.10. The van der Waals surface area contributed by atoms with Crippen molar-refractivity contribution in [2.75, 3.05) is 13.1 Å². The highest BCUT2D eigenvalue weighted by Crippen LogP contribution is 2.29. The lowest BCUT2D eigenvalue weighted by molar-refractivity contribution is 0.0772. The minimum atomic E-state index is -0.461. The van der Waals surface area contributed by atoms with Crippen LogP contribution in [0.25, 0.3) is 10.4 Å². The number of nitrogens with zero attached hydrogens (tertiary/aromatic N) is 2. The maximum absolute atomic E-state index is 13.2. The predicted octanol–water partition coefficient (Wildman–Crippen LogP) is 2.67. The van der Waals surface area contributed by atoms with Gasteiger partial charge in [-0.3, -0.25) is 9.59 Å². The summed E-state index contributed by atoms with van der Waals surface area (Å²) in [5.41, 5.74) is 0.516. The van der Waals surface area contributed by atoms with Crippen LogP contribution in [-0.4, -0.2) is 34.6 Å². The molecule has 0 saturated carbocycles. The van der Waals surface area contributed by atoms with Crippen LogP contribution in [0.2, 0.25) is 0 Å². The molecule has 1 saturated heterocycles. The van der Waals surface area contributed by atoms with Gasteiger partial charge >= 0.3 is 5.63 Å². The fourth-order valence-corrected chi connectivity index (χ4v) is 4.21. The first-order valence-electron chi connectivity index (χ1n) is 9.23. The smallest absolute Gasteiger partial charge is 0.339 e. The lowest BCUT2D eigenvalue weighted by Gasteiger charge is -2.19. The van der Waals surface area contributed by atoms with Crippen LogP contribution in [0.1, 0.15) is 22.5 Å². The van der Waals surface area contributed by atoms with Crippen molar-refractivity contribution in [3.05, 3.63) is 74.0 Å². The molecule has 8 heteroatoms. The van der Waals surface area contributed by atoms with Crippen LogP contribution < -0.4 is 15.9 Å². The molecule has 1 fully saturated rings. The van der Waals surface area contributed by atoms with E-state index in [0.29, 0.717) is 42.1 Å². The van der Waals surface area contributed by atoms with Crippen molar-refractivity contribution in [2.45, 2.75) is 19.4 Å². The minimum Gasteiger partial charge on any atom is -0.488 e. The fraction of sp³-hybridized carbons (Fsp3) is 0.286. The molecule has 0 N–H and O–H groups in total. The molecule has 0 spiro atoms. The van der Waals surface area contributed by atoms with Crippen LogP contribution in [0.15, 0.2) is 55.9 Å². The summed E-state index contributed by atoms with van der Waals surface area (Å²) in [7, 11) is 1.64. The Balaban J connectivity index is 1.56. The molecule has 0 aromatic carbocycles. The third-order valence-electron chi connectivity index (χ3n) is 4.85. The Morgan fingerprint density at radius 3 is 2.83 bits per heavy atom. The molecule has 0 radical (unpaired) electrons. The number of hydrogen-bond donors (Lipinski definition) is 0. The summed E-state index contributed by atoms with van der Waals surface area (Å²) >= 11 is 1.49. The highest BCUT2D eigenvalue weighted by atomic mass is 32.1. The number of likely N-dealkylation sites (tertiary alicyclic amines) is 1. The van der Waals surface area contributed by atoms with Crippen molar-refractivity contribution in [2.24, 2.45) is 7.05 Å². The van der Waals surface area contributed by atoms with Gasteiger partial charge in [-0.15, -0.1) is 11.3 Å². The van der Waals surface area contributed by atoms with Gasteiger partial charge in [0.15, 0.2) is 0 Å². The Morgan fingerprint density at radius 2 is 2.10 bits per heavy atom. The molecule has 1 aliphatic heterocycles. The van der Waals surface area contributed by atoms with E-state index in [4.69, 9.17) is 9.15 Å². The first kappa shape index (κ1) is 19.2. The first-order chi connectivity index (χ1) is 13.9. The fourth-order valence-electron chi connectivity index (χ4n) is 3.45. The number of ether oxygens (including phenoxy) is 1. The topological polar surface area (TPSA) is 81.8 Å². The molecule has 0 bridgehead atoms. The SMILES string of the molecule is Cc1cc(OC2CCN(C(=O)c3cn(C)c(=O)cc3-c3cccs3)C2)cc(=O)o1. The van der Waals surface area contributed by atoms with Gasteiger partial charge in [0.25, 0.3) is 11.5 Å². The number of carbonyl (C=O) groups excluding carboxylic acids is 1. The minimum absolute atomic E-state index is 0.140. The molecule has 1 aliphatic rings. The average molecular weight is 412 g/mol. The number of carbonyl (C=O) groups is 1. The zero-order valence-electron chi connectivity index (χ0n) is 16.1. The van der Waals surface area contributed by atoms with E-state index in [1.54, 1.807) is 31.1 Å². The Labute approximate surface area is 170 Å². The van der Waals surface area contributed by atoms with Gasteiger partial charge < -0.3 is 18.6 Å². The van der Waals surface area contributed by atoms with Crippen molar-refractivity contribution in [1.82, 2.24) is 9.47 Å². The third kappa shape index (κ3) is 4.02. The molecular formula is C21H20N2O5S. The van der Waals surface area contributed by atoms with E-state index in [9.17, 15) is 14.4 Å². The summed E-state index contributed by atoms with van der Waals surface area (Å²) in [5.74, 6) is 0.780. The Bertz CT molecular complexity index is 1160. The molecule has 150 valence electrons. The average Bonchev–Trinajstić information content (AvgIpc) is 3.34. The van der Waals surface area contributed by atoms with Gasteiger partial charge in [0, 0.05) is 48.8 Å². The molecule has 1 unspecified atom stereocenters. The van der Waals surface area contributed by atoms with Crippen molar-refractivity contribution >= 4 is 17.2 Å². The van der Waals surface area contributed by atoms with Crippen LogP contribution >= 0.6 is 11.3 Å². The Morgan fingerprint density at radius 1 is 1.28 bits per heavy atom. The zero-order valence-corrected chi connectivity index (χ0v) is 16.9. The molecule has 1 amide bonds. The van der Waals surface area contributed by atoms with Gasteiger partial charge in [0.1, 0.15) is 17.6 Å². The predicted molar refractivity (Wildman–Crippen MR) is 110 cm³/mol. The van der Waals surface area contributed by atoms with E-state index in [1.165, 1.54) is 28.0 Å². The van der Waals surface area contributed by atoms with Gasteiger partial charge in [0.2, 0.25) is 0 Å². The first-order valence-corrected chi connectivity index (χ1v) is 10.1. The summed E-state index contributed by atoms with van der Waals surface area (Å²) in [5, 5.41) is 1.92. The second-order valence-electron chi connectivity index (χ2n) is 7.03. The summed E-state index contributed by atoms with van der Waals surface area (Å²) in [6.07, 6.45) is 2.04. The van der Waals surface area contributed by atoms with Crippen molar-refractivity contribution in [3.63, 3.8) is 0 Å². The van der Waals surface area contributed by atoms with E-state index in [-0.39, 0.29) is 17.6 Å². The van der Waals surface area contributed by atoms with Gasteiger partial charge in [0.05, 0.1) is 18.2 Å². The molecule has 4 rings (SSSR count). The van der Waals surface area contributed by atoms with E-state index in [2.05, 4.69) is 0 Å². The van der Waals surface area contributed by atoms with Crippen molar-refractivity contribution < 1.29 is 13.9 Å². The van der Waals surface area contributed by atoms with E-state index in [1.807, 2.05) is 17.5 Å². The van der Waals surface area contributed by atoms with Crippen LogP contribution in [0, 0.1) is 6.92 Å². The number of hydrogen-bond acceptors (Lipinski definition) is 6. The largest absolute Gasteiger partial charge is 0.488 e. The zero-order chi connectivity index (χ0) is 20.5. The quantitative estimate of drug-likeness (QED) is 0.658. The van der Waals surface area contributed by atoms with E-state index < -0.39 is 5.63 Å². The second kappa shape index (κ2) is 7.71. The lowest BCUT2D eigenvalue weighted by atomic mass is 10.1. The summed E-state index contributed by atoms with van der Waals surface area (Å²) in [4.78, 5) is 39.5. The standard InChI is InChI=1S/C21H20N2O5S/c1-13-8-15(9-20(25)27-13)28-14-5-6-23(11-14)21(26)17-12-22(2)19(24)10-16(17)18-4-3-7-29-18/h3-4,7-10,12,14H,5-6,11H2,1-2H3. The van der Waals surface area contributed by atoms with Gasteiger partial charge in [-0.25, -0.2) is 4.79 Å². The van der Waals surface area contributed by atoms with Crippen LogP contribution in [0.4, 0.5) is 0 Å². The summed E-state index contributed by atoms with van der Waals surface area (Å²) < 4.78 is 12.3. The molecule has 1 atom stereocenters. The van der Waals surface area contributed by atoms with E-state index >= 15 is 0 Å². The summed E-state index contributed by atoms with van der Waals surface area (Å²) in [6, 6.07) is 8.27. The highest BCUT2D eigenvalue weighted by Gasteiger charge is 2.30. The highest BCUT2D eigenvalue weighted by molar-refractivity contribution is 7.13. The molecule has 29 heavy (non-hydrogen) atoms. The molecule has 3 aromatic heterocycles. The monoisotopic (exact) mass is 412 g/mol. The molecular weight excluding hydrogens is 392 g/mol. The number of pyridine rings is 1. The molecule has 3 aromatic rings. The maximum atomic E-state index is 13.2. The Hall–Kier alpha value is -3.13. The van der Waals surface area contributed by atoms with Crippen LogP contribution in [-0.2, 0) is 7.05 Å². The van der Waals surface area contributed by atoms with Crippen molar-refractivity contribution in [3.8, 4) is 16.2 Å². The third-order valence-corrected chi connectivity index (χ3v) is 5.75. The van der Waals surface area contributed by atoms with Crippen molar-refractivity contribution in [1.29, 1.82) is 0 Å². The van der Waals surface area contributed by atoms with Gasteiger partial charge in [-0.2, -0.15) is 0 Å². The number of rotatable bonds is 4.